The van der Waals surface area contributed by atoms with Gasteiger partial charge in [-0.3, -0.25) is 9.59 Å². The SMILES string of the molecule is O=C(/C=C/C1CC1)NCCNC(=O)C(F)(F)F. The van der Waals surface area contributed by atoms with Crippen molar-refractivity contribution in [1.82, 2.24) is 10.6 Å². The van der Waals surface area contributed by atoms with Gasteiger partial charge in [0.25, 0.3) is 0 Å². The van der Waals surface area contributed by atoms with Crippen LogP contribution < -0.4 is 10.6 Å². The van der Waals surface area contributed by atoms with Crippen molar-refractivity contribution in [3.05, 3.63) is 12.2 Å². The molecule has 0 atom stereocenters. The molecule has 0 aromatic rings. The predicted molar refractivity (Wildman–Crippen MR) is 53.9 cm³/mol. The Morgan fingerprint density at radius 3 is 2.29 bits per heavy atom. The van der Waals surface area contributed by atoms with Crippen LogP contribution in [0.15, 0.2) is 12.2 Å². The zero-order valence-corrected chi connectivity index (χ0v) is 9.01. The second-order valence-electron chi connectivity index (χ2n) is 3.74. The summed E-state index contributed by atoms with van der Waals surface area (Å²) >= 11 is 0. The van der Waals surface area contributed by atoms with Gasteiger partial charge in [0.15, 0.2) is 0 Å². The van der Waals surface area contributed by atoms with Crippen molar-refractivity contribution in [2.24, 2.45) is 5.92 Å². The molecule has 1 aliphatic rings. The largest absolute Gasteiger partial charge is 0.471 e. The van der Waals surface area contributed by atoms with Crippen LogP contribution >= 0.6 is 0 Å². The molecular weight excluding hydrogens is 237 g/mol. The van der Waals surface area contributed by atoms with Crippen LogP contribution in [0, 0.1) is 5.92 Å². The molecule has 1 rings (SSSR count). The third-order valence-electron chi connectivity index (χ3n) is 2.11. The topological polar surface area (TPSA) is 58.2 Å². The van der Waals surface area contributed by atoms with Crippen LogP contribution in [0.2, 0.25) is 0 Å². The van der Waals surface area contributed by atoms with Gasteiger partial charge in [-0.1, -0.05) is 6.08 Å². The van der Waals surface area contributed by atoms with Crippen molar-refractivity contribution in [2.45, 2.75) is 19.0 Å². The van der Waals surface area contributed by atoms with E-state index in [0.717, 1.165) is 12.8 Å². The maximum absolute atomic E-state index is 11.7. The van der Waals surface area contributed by atoms with Gasteiger partial charge in [-0.25, -0.2) is 0 Å². The van der Waals surface area contributed by atoms with Crippen LogP contribution in [0.1, 0.15) is 12.8 Å². The van der Waals surface area contributed by atoms with E-state index < -0.39 is 12.1 Å². The Balaban J connectivity index is 2.07. The Labute approximate surface area is 96.2 Å². The van der Waals surface area contributed by atoms with Gasteiger partial charge in [0, 0.05) is 13.1 Å². The third kappa shape index (κ3) is 5.94. The van der Waals surface area contributed by atoms with E-state index in [2.05, 4.69) is 5.32 Å². The van der Waals surface area contributed by atoms with Gasteiger partial charge in [0.1, 0.15) is 0 Å². The summed E-state index contributed by atoms with van der Waals surface area (Å²) in [5, 5.41) is 4.02. The predicted octanol–water partition coefficient (Wildman–Crippen LogP) is 0.747. The molecule has 2 N–H and O–H groups in total. The summed E-state index contributed by atoms with van der Waals surface area (Å²) in [5.41, 5.74) is 0. The van der Waals surface area contributed by atoms with Crippen LogP contribution in [0.3, 0.4) is 0 Å². The lowest BCUT2D eigenvalue weighted by atomic mass is 10.3. The van der Waals surface area contributed by atoms with Crippen molar-refractivity contribution < 1.29 is 22.8 Å². The van der Waals surface area contributed by atoms with Crippen molar-refractivity contribution in [2.75, 3.05) is 13.1 Å². The molecule has 1 fully saturated rings. The molecule has 17 heavy (non-hydrogen) atoms. The van der Waals surface area contributed by atoms with E-state index in [9.17, 15) is 22.8 Å². The van der Waals surface area contributed by atoms with E-state index in [0.29, 0.717) is 5.92 Å². The first-order chi connectivity index (χ1) is 7.89. The van der Waals surface area contributed by atoms with Gasteiger partial charge < -0.3 is 10.6 Å². The fourth-order valence-corrected chi connectivity index (χ4v) is 1.03. The van der Waals surface area contributed by atoms with Crippen LogP contribution in [0.25, 0.3) is 0 Å². The molecule has 0 aromatic carbocycles. The fourth-order valence-electron chi connectivity index (χ4n) is 1.03. The van der Waals surface area contributed by atoms with Crippen LogP contribution in [0.5, 0.6) is 0 Å². The average molecular weight is 250 g/mol. The average Bonchev–Trinajstić information content (AvgIpc) is 3.03. The monoisotopic (exact) mass is 250 g/mol. The van der Waals surface area contributed by atoms with Gasteiger partial charge >= 0.3 is 12.1 Å². The fraction of sp³-hybridized carbons (Fsp3) is 0.600. The summed E-state index contributed by atoms with van der Waals surface area (Å²) in [6.45, 7) is -0.281. The number of hydrogen-bond donors (Lipinski definition) is 2. The van der Waals surface area contributed by atoms with Gasteiger partial charge in [0.2, 0.25) is 5.91 Å². The highest BCUT2D eigenvalue weighted by molar-refractivity contribution is 5.87. The number of allylic oxidation sites excluding steroid dienone is 1. The Kier molecular flexibility index (Phi) is 4.53. The number of carbonyl (C=O) groups excluding carboxylic acids is 2. The maximum atomic E-state index is 11.7. The lowest BCUT2D eigenvalue weighted by Crippen LogP contribution is -2.40. The number of carbonyl (C=O) groups is 2. The minimum atomic E-state index is -4.88. The summed E-state index contributed by atoms with van der Waals surface area (Å²) < 4.78 is 35.2. The molecule has 2 amide bonds. The van der Waals surface area contributed by atoms with E-state index in [1.807, 2.05) is 0 Å². The first kappa shape index (κ1) is 13.5. The highest BCUT2D eigenvalue weighted by Crippen LogP contribution is 2.29. The summed E-state index contributed by atoms with van der Waals surface area (Å²) in [6, 6.07) is 0. The third-order valence-corrected chi connectivity index (χ3v) is 2.11. The molecule has 7 heteroatoms. The molecule has 0 bridgehead atoms. The van der Waals surface area contributed by atoms with Crippen LogP contribution in [0.4, 0.5) is 13.2 Å². The van der Waals surface area contributed by atoms with E-state index in [4.69, 9.17) is 0 Å². The number of amides is 2. The number of halogens is 3. The minimum Gasteiger partial charge on any atom is -0.351 e. The van der Waals surface area contributed by atoms with Gasteiger partial charge in [-0.15, -0.1) is 0 Å². The van der Waals surface area contributed by atoms with Gasteiger partial charge in [0.05, 0.1) is 0 Å². The second-order valence-corrected chi connectivity index (χ2v) is 3.74. The molecule has 0 aromatic heterocycles. The van der Waals surface area contributed by atoms with Gasteiger partial charge in [-0.05, 0) is 24.8 Å². The number of alkyl halides is 3. The van der Waals surface area contributed by atoms with Crippen molar-refractivity contribution in [1.29, 1.82) is 0 Å². The molecule has 0 aliphatic heterocycles. The van der Waals surface area contributed by atoms with Crippen LogP contribution in [-0.4, -0.2) is 31.1 Å². The summed E-state index contributed by atoms with van der Waals surface area (Å²) in [7, 11) is 0. The highest BCUT2D eigenvalue weighted by Gasteiger charge is 2.38. The molecular formula is C10H13F3N2O2. The molecule has 0 radical (unpaired) electrons. The Morgan fingerprint density at radius 2 is 1.76 bits per heavy atom. The van der Waals surface area contributed by atoms with E-state index in [-0.39, 0.29) is 19.0 Å². The number of nitrogens with one attached hydrogen (secondary N) is 2. The highest BCUT2D eigenvalue weighted by atomic mass is 19.4. The normalized spacial score (nSPS) is 15.9. The lowest BCUT2D eigenvalue weighted by molar-refractivity contribution is -0.173. The molecule has 96 valence electrons. The molecule has 0 saturated heterocycles. The quantitative estimate of drug-likeness (QED) is 0.558. The molecule has 1 saturated carbocycles. The van der Waals surface area contributed by atoms with E-state index >= 15 is 0 Å². The number of rotatable bonds is 5. The summed E-state index contributed by atoms with van der Waals surface area (Å²) in [4.78, 5) is 21.5. The summed E-state index contributed by atoms with van der Waals surface area (Å²) in [6.07, 6.45) is 0.402. The first-order valence-corrected chi connectivity index (χ1v) is 5.20. The van der Waals surface area contributed by atoms with Gasteiger partial charge in [-0.2, -0.15) is 13.2 Å². The molecule has 1 aliphatic carbocycles. The second kappa shape index (κ2) is 5.70. The zero-order chi connectivity index (χ0) is 12.9. The molecule has 0 spiro atoms. The summed E-state index contributed by atoms with van der Waals surface area (Å²) in [5.74, 6) is -1.90. The Hall–Kier alpha value is -1.53. The first-order valence-electron chi connectivity index (χ1n) is 5.20. The van der Waals surface area contributed by atoms with Crippen molar-refractivity contribution >= 4 is 11.8 Å². The number of hydrogen-bond acceptors (Lipinski definition) is 2. The molecule has 0 heterocycles. The lowest BCUT2D eigenvalue weighted by Gasteiger charge is -2.07. The molecule has 0 unspecified atom stereocenters. The Morgan fingerprint density at radius 1 is 1.18 bits per heavy atom. The maximum Gasteiger partial charge on any atom is 0.471 e. The van der Waals surface area contributed by atoms with Crippen molar-refractivity contribution in [3.8, 4) is 0 Å². The Bertz CT molecular complexity index is 322. The molecule has 4 nitrogen and oxygen atoms in total. The van der Waals surface area contributed by atoms with E-state index in [1.54, 1.807) is 11.4 Å². The zero-order valence-electron chi connectivity index (χ0n) is 9.01. The standard InChI is InChI=1S/C10H13F3N2O2/c11-10(12,13)9(17)15-6-5-14-8(16)4-3-7-1-2-7/h3-4,7H,1-2,5-6H2,(H,14,16)(H,15,17)/b4-3+. The minimum absolute atomic E-state index is 0.0321. The van der Waals surface area contributed by atoms with E-state index in [1.165, 1.54) is 6.08 Å². The van der Waals surface area contributed by atoms with Crippen molar-refractivity contribution in [3.63, 3.8) is 0 Å². The smallest absolute Gasteiger partial charge is 0.351 e. The van der Waals surface area contributed by atoms with Crippen LogP contribution in [-0.2, 0) is 9.59 Å².